The van der Waals surface area contributed by atoms with E-state index in [1.54, 1.807) is 7.11 Å². The van der Waals surface area contributed by atoms with E-state index in [0.29, 0.717) is 5.92 Å². The minimum absolute atomic E-state index is 0.181. The Balaban J connectivity index is 2.66. The van der Waals surface area contributed by atoms with E-state index in [1.165, 1.54) is 28.7 Å². The largest absolute Gasteiger partial charge is 0.496 e. The topological polar surface area (TPSA) is 35.2 Å². The van der Waals surface area contributed by atoms with Crippen molar-refractivity contribution in [3.8, 4) is 5.75 Å². The first-order chi connectivity index (χ1) is 7.56. The Kier molecular flexibility index (Phi) is 2.94. The molecule has 0 saturated heterocycles. The van der Waals surface area contributed by atoms with Gasteiger partial charge in [-0.3, -0.25) is 0 Å². The third-order valence-electron chi connectivity index (χ3n) is 3.80. The summed E-state index contributed by atoms with van der Waals surface area (Å²) < 4.78 is 5.47. The minimum atomic E-state index is 0.181. The second kappa shape index (κ2) is 4.10. The Labute approximate surface area is 97.8 Å². The Morgan fingerprint density at radius 2 is 2.00 bits per heavy atom. The maximum absolute atomic E-state index is 6.23. The lowest BCUT2D eigenvalue weighted by Crippen LogP contribution is -2.21. The monoisotopic (exact) mass is 219 g/mol. The van der Waals surface area contributed by atoms with E-state index in [2.05, 4.69) is 26.8 Å². The van der Waals surface area contributed by atoms with Crippen molar-refractivity contribution in [1.29, 1.82) is 0 Å². The Bertz CT molecular complexity index is 412. The molecule has 2 nitrogen and oxygen atoms in total. The average Bonchev–Trinajstić information content (AvgIpc) is 2.24. The zero-order valence-corrected chi connectivity index (χ0v) is 10.6. The summed E-state index contributed by atoms with van der Waals surface area (Å²) in [5.41, 5.74) is 11.4. The molecule has 0 amide bonds. The van der Waals surface area contributed by atoms with Crippen molar-refractivity contribution in [1.82, 2.24) is 0 Å². The summed E-state index contributed by atoms with van der Waals surface area (Å²) in [4.78, 5) is 0. The normalized spacial score (nSPS) is 24.1. The second-order valence-electron chi connectivity index (χ2n) is 4.94. The third-order valence-corrected chi connectivity index (χ3v) is 3.80. The fourth-order valence-electron chi connectivity index (χ4n) is 2.95. The van der Waals surface area contributed by atoms with Crippen molar-refractivity contribution in [3.63, 3.8) is 0 Å². The molecule has 1 aliphatic carbocycles. The van der Waals surface area contributed by atoms with Crippen molar-refractivity contribution < 1.29 is 4.74 Å². The van der Waals surface area contributed by atoms with Gasteiger partial charge in [0.1, 0.15) is 5.75 Å². The first kappa shape index (κ1) is 11.5. The van der Waals surface area contributed by atoms with Crippen LogP contribution >= 0.6 is 0 Å². The lowest BCUT2D eigenvalue weighted by molar-refractivity contribution is 0.404. The molecule has 0 heterocycles. The molecule has 2 atom stereocenters. The highest BCUT2D eigenvalue weighted by atomic mass is 16.5. The summed E-state index contributed by atoms with van der Waals surface area (Å²) in [6.07, 6.45) is 2.28. The molecular formula is C14H21NO. The van der Waals surface area contributed by atoms with E-state index in [0.717, 1.165) is 12.2 Å². The molecular weight excluding hydrogens is 198 g/mol. The van der Waals surface area contributed by atoms with Crippen LogP contribution < -0.4 is 10.5 Å². The van der Waals surface area contributed by atoms with Gasteiger partial charge in [0.15, 0.2) is 0 Å². The molecule has 2 N–H and O–H groups in total. The molecule has 2 heteroatoms. The first-order valence-electron chi connectivity index (χ1n) is 5.99. The highest BCUT2D eigenvalue weighted by molar-refractivity contribution is 5.52. The van der Waals surface area contributed by atoms with Gasteiger partial charge in [-0.2, -0.15) is 0 Å². The summed E-state index contributed by atoms with van der Waals surface area (Å²) in [5, 5.41) is 0. The molecule has 0 bridgehead atoms. The number of fused-ring (bicyclic) bond motifs is 1. The maximum atomic E-state index is 6.23. The van der Waals surface area contributed by atoms with Gasteiger partial charge in [-0.1, -0.05) is 13.0 Å². The van der Waals surface area contributed by atoms with Gasteiger partial charge in [0.2, 0.25) is 0 Å². The maximum Gasteiger partial charge on any atom is 0.125 e. The van der Waals surface area contributed by atoms with Gasteiger partial charge in [0.25, 0.3) is 0 Å². The van der Waals surface area contributed by atoms with Gasteiger partial charge in [0.05, 0.1) is 7.11 Å². The summed E-state index contributed by atoms with van der Waals surface area (Å²) in [5.74, 6) is 1.63. The third kappa shape index (κ3) is 1.61. The summed E-state index contributed by atoms with van der Waals surface area (Å²) >= 11 is 0. The first-order valence-corrected chi connectivity index (χ1v) is 5.99. The van der Waals surface area contributed by atoms with Crippen molar-refractivity contribution in [2.75, 3.05) is 7.11 Å². The summed E-state index contributed by atoms with van der Waals surface area (Å²) in [6.45, 7) is 6.53. The quantitative estimate of drug-likeness (QED) is 0.787. The summed E-state index contributed by atoms with van der Waals surface area (Å²) in [6, 6.07) is 2.44. The molecule has 1 unspecified atom stereocenters. The van der Waals surface area contributed by atoms with Crippen LogP contribution in [0.4, 0.5) is 0 Å². The van der Waals surface area contributed by atoms with E-state index in [1.807, 2.05) is 0 Å². The van der Waals surface area contributed by atoms with Crippen LogP contribution in [0.1, 0.15) is 54.0 Å². The second-order valence-corrected chi connectivity index (χ2v) is 4.94. The smallest absolute Gasteiger partial charge is 0.125 e. The molecule has 88 valence electrons. The van der Waals surface area contributed by atoms with E-state index in [4.69, 9.17) is 10.5 Å². The van der Waals surface area contributed by atoms with Gasteiger partial charge < -0.3 is 10.5 Å². The van der Waals surface area contributed by atoms with Gasteiger partial charge >= 0.3 is 0 Å². The molecule has 2 rings (SSSR count). The number of hydrogen-bond donors (Lipinski definition) is 1. The number of aryl methyl sites for hydroxylation is 1. The average molecular weight is 219 g/mol. The number of rotatable bonds is 1. The zero-order chi connectivity index (χ0) is 11.9. The highest BCUT2D eigenvalue weighted by Gasteiger charge is 2.26. The van der Waals surface area contributed by atoms with Crippen LogP contribution in [0.5, 0.6) is 5.75 Å². The molecule has 1 aromatic rings. The van der Waals surface area contributed by atoms with E-state index in [9.17, 15) is 0 Å². The van der Waals surface area contributed by atoms with Crippen LogP contribution in [0, 0.1) is 13.8 Å². The van der Waals surface area contributed by atoms with Crippen molar-refractivity contribution in [3.05, 3.63) is 28.3 Å². The van der Waals surface area contributed by atoms with E-state index < -0.39 is 0 Å². The lowest BCUT2D eigenvalue weighted by atomic mass is 9.78. The predicted octanol–water partition coefficient (Wildman–Crippen LogP) is 3.21. The Morgan fingerprint density at radius 1 is 1.31 bits per heavy atom. The van der Waals surface area contributed by atoms with Gasteiger partial charge in [-0.25, -0.2) is 0 Å². The fraction of sp³-hybridized carbons (Fsp3) is 0.571. The molecule has 1 aromatic carbocycles. The number of hydrogen-bond acceptors (Lipinski definition) is 2. The van der Waals surface area contributed by atoms with Gasteiger partial charge in [0, 0.05) is 6.04 Å². The van der Waals surface area contributed by atoms with Crippen LogP contribution in [-0.2, 0) is 0 Å². The Hall–Kier alpha value is -1.02. The van der Waals surface area contributed by atoms with Crippen LogP contribution in [-0.4, -0.2) is 7.11 Å². The zero-order valence-electron chi connectivity index (χ0n) is 10.6. The van der Waals surface area contributed by atoms with Crippen molar-refractivity contribution in [2.45, 2.75) is 45.6 Å². The molecule has 0 fully saturated rings. The Morgan fingerprint density at radius 3 is 2.62 bits per heavy atom. The lowest BCUT2D eigenvalue weighted by Gasteiger charge is -2.30. The molecule has 0 saturated carbocycles. The standard InChI is InChI=1S/C14H21NO/c1-8-5-6-12(15)13-10(3)14(16-4)9(2)7-11(8)13/h7-8,12H,5-6,15H2,1-4H3/t8?,12-/m1/s1. The van der Waals surface area contributed by atoms with E-state index >= 15 is 0 Å². The van der Waals surface area contributed by atoms with Crippen molar-refractivity contribution in [2.24, 2.45) is 5.73 Å². The predicted molar refractivity (Wildman–Crippen MR) is 67.0 cm³/mol. The minimum Gasteiger partial charge on any atom is -0.496 e. The SMILES string of the molecule is COc1c(C)cc2c(c1C)[C@H](N)CCC2C. The van der Waals surface area contributed by atoms with Crippen LogP contribution in [0.3, 0.4) is 0 Å². The molecule has 0 spiro atoms. The molecule has 1 aliphatic rings. The molecule has 0 aliphatic heterocycles. The van der Waals surface area contributed by atoms with Crippen LogP contribution in [0.15, 0.2) is 6.07 Å². The van der Waals surface area contributed by atoms with Crippen LogP contribution in [0.25, 0.3) is 0 Å². The number of methoxy groups -OCH3 is 1. The highest BCUT2D eigenvalue weighted by Crippen LogP contribution is 2.42. The molecule has 0 aromatic heterocycles. The van der Waals surface area contributed by atoms with Crippen LogP contribution in [0.2, 0.25) is 0 Å². The van der Waals surface area contributed by atoms with E-state index in [-0.39, 0.29) is 6.04 Å². The van der Waals surface area contributed by atoms with Crippen molar-refractivity contribution >= 4 is 0 Å². The van der Waals surface area contributed by atoms with Gasteiger partial charge in [-0.15, -0.1) is 0 Å². The summed E-state index contributed by atoms with van der Waals surface area (Å²) in [7, 11) is 1.74. The molecule has 0 radical (unpaired) electrons. The number of nitrogens with two attached hydrogens (primary N) is 1. The van der Waals surface area contributed by atoms with Gasteiger partial charge in [-0.05, 0) is 54.9 Å². The molecule has 16 heavy (non-hydrogen) atoms. The fourth-order valence-corrected chi connectivity index (χ4v) is 2.95. The number of benzene rings is 1. The number of ether oxygens (including phenoxy) is 1.